The molecular formula is C23H37N5O2. The van der Waals surface area contributed by atoms with E-state index < -0.39 is 5.91 Å². The maximum Gasteiger partial charge on any atom is 0.255 e. The van der Waals surface area contributed by atoms with Crippen LogP contribution >= 0.6 is 0 Å². The zero-order valence-corrected chi connectivity index (χ0v) is 18.2. The van der Waals surface area contributed by atoms with Crippen molar-refractivity contribution in [2.75, 3.05) is 26.2 Å². The Morgan fingerprint density at radius 1 is 1.23 bits per heavy atom. The summed E-state index contributed by atoms with van der Waals surface area (Å²) in [5, 5.41) is 7.03. The monoisotopic (exact) mass is 415 g/mol. The number of carbonyl (C=O) groups excluding carboxylic acids is 1. The van der Waals surface area contributed by atoms with Gasteiger partial charge < -0.3 is 21.1 Å². The van der Waals surface area contributed by atoms with Gasteiger partial charge in [0, 0.05) is 25.2 Å². The van der Waals surface area contributed by atoms with Crippen LogP contribution in [0.15, 0.2) is 29.3 Å². The molecule has 0 spiro atoms. The van der Waals surface area contributed by atoms with Gasteiger partial charge in [-0.25, -0.2) is 4.99 Å². The summed E-state index contributed by atoms with van der Waals surface area (Å²) >= 11 is 0. The molecule has 30 heavy (non-hydrogen) atoms. The third kappa shape index (κ3) is 7.20. The molecule has 1 aliphatic carbocycles. The van der Waals surface area contributed by atoms with Crippen LogP contribution in [0.1, 0.15) is 57.4 Å². The maximum atomic E-state index is 10.9. The number of rotatable bonds is 8. The third-order valence-electron chi connectivity index (χ3n) is 5.93. The van der Waals surface area contributed by atoms with Gasteiger partial charge in [-0.3, -0.25) is 9.69 Å². The van der Waals surface area contributed by atoms with Crippen molar-refractivity contribution in [1.82, 2.24) is 15.5 Å². The van der Waals surface area contributed by atoms with Gasteiger partial charge in [0.1, 0.15) is 5.75 Å². The quantitative estimate of drug-likeness (QED) is 0.448. The number of nitrogens with one attached hydrogen (secondary N) is 2. The number of amides is 1. The average molecular weight is 416 g/mol. The van der Waals surface area contributed by atoms with Gasteiger partial charge in [-0.1, -0.05) is 31.4 Å². The van der Waals surface area contributed by atoms with Gasteiger partial charge in [0.25, 0.3) is 5.91 Å². The first-order chi connectivity index (χ1) is 14.6. The highest BCUT2D eigenvalue weighted by Gasteiger charge is 2.27. The molecule has 2 fully saturated rings. The molecule has 7 heteroatoms. The minimum absolute atomic E-state index is 0.115. The first kappa shape index (κ1) is 22.4. The van der Waals surface area contributed by atoms with E-state index in [1.54, 1.807) is 0 Å². The number of piperidine rings is 1. The number of carbonyl (C=O) groups is 1. The van der Waals surface area contributed by atoms with Crippen molar-refractivity contribution in [3.05, 3.63) is 29.8 Å². The number of benzene rings is 1. The molecule has 2 aliphatic rings. The van der Waals surface area contributed by atoms with Crippen LogP contribution in [-0.2, 0) is 11.3 Å². The lowest BCUT2D eigenvalue weighted by atomic mass is 9.92. The summed E-state index contributed by atoms with van der Waals surface area (Å²) in [6.45, 7) is 5.68. The average Bonchev–Trinajstić information content (AvgIpc) is 2.77. The first-order valence-corrected chi connectivity index (χ1v) is 11.4. The van der Waals surface area contributed by atoms with E-state index >= 15 is 0 Å². The Kier molecular flexibility index (Phi) is 8.81. The van der Waals surface area contributed by atoms with Crippen molar-refractivity contribution < 1.29 is 9.53 Å². The van der Waals surface area contributed by atoms with Crippen molar-refractivity contribution in [1.29, 1.82) is 0 Å². The number of nitrogens with zero attached hydrogens (tertiary/aromatic N) is 2. The SMILES string of the molecule is CCNC(=NCc1cccc(OCC(N)=O)c1)NC1CCCN(C2CCCCC2)C1. The zero-order valence-electron chi connectivity index (χ0n) is 18.2. The summed E-state index contributed by atoms with van der Waals surface area (Å²) in [5.74, 6) is 1.01. The highest BCUT2D eigenvalue weighted by molar-refractivity contribution is 5.80. The van der Waals surface area contributed by atoms with Crippen LogP contribution in [0.2, 0.25) is 0 Å². The molecule has 4 N–H and O–H groups in total. The highest BCUT2D eigenvalue weighted by Crippen LogP contribution is 2.25. The predicted octanol–water partition coefficient (Wildman–Crippen LogP) is 2.40. The van der Waals surface area contributed by atoms with Crippen molar-refractivity contribution in [3.63, 3.8) is 0 Å². The number of ether oxygens (including phenoxy) is 1. The van der Waals surface area contributed by atoms with E-state index in [-0.39, 0.29) is 6.61 Å². The molecule has 0 radical (unpaired) electrons. The number of nitrogens with two attached hydrogens (primary N) is 1. The lowest BCUT2D eigenvalue weighted by Crippen LogP contribution is -2.53. The topological polar surface area (TPSA) is 92.0 Å². The summed E-state index contributed by atoms with van der Waals surface area (Å²) in [6, 6.07) is 8.85. The fourth-order valence-corrected chi connectivity index (χ4v) is 4.47. The number of hydrogen-bond donors (Lipinski definition) is 3. The Balaban J connectivity index is 1.56. The molecule has 1 aromatic carbocycles. The lowest BCUT2D eigenvalue weighted by Gasteiger charge is -2.40. The van der Waals surface area contributed by atoms with Crippen molar-refractivity contribution in [2.24, 2.45) is 10.7 Å². The molecule has 3 rings (SSSR count). The second-order valence-electron chi connectivity index (χ2n) is 8.37. The van der Waals surface area contributed by atoms with Crippen molar-refractivity contribution in [2.45, 2.75) is 70.5 Å². The summed E-state index contributed by atoms with van der Waals surface area (Å²) in [7, 11) is 0. The molecule has 1 aromatic rings. The standard InChI is InChI=1S/C23H37N5O2/c1-2-25-23(26-15-18-8-6-12-21(14-18)30-17-22(24)29)27-19-9-7-13-28(16-19)20-10-4-3-5-11-20/h6,8,12,14,19-20H,2-5,7,9-11,13,15-17H2,1H3,(H2,24,29)(H2,25,26,27). The molecule has 1 saturated heterocycles. The minimum Gasteiger partial charge on any atom is -0.484 e. The van der Waals surface area contributed by atoms with Gasteiger partial charge in [0.05, 0.1) is 6.54 Å². The minimum atomic E-state index is -0.480. The second-order valence-corrected chi connectivity index (χ2v) is 8.37. The van der Waals surface area contributed by atoms with Crippen molar-refractivity contribution >= 4 is 11.9 Å². The zero-order chi connectivity index (χ0) is 21.2. The normalized spacial score (nSPS) is 21.2. The molecule has 1 atom stereocenters. The Morgan fingerprint density at radius 3 is 2.83 bits per heavy atom. The summed E-state index contributed by atoms with van der Waals surface area (Å²) < 4.78 is 5.39. The molecule has 1 heterocycles. The molecule has 0 aromatic heterocycles. The third-order valence-corrected chi connectivity index (χ3v) is 5.93. The van der Waals surface area contributed by atoms with Gasteiger partial charge in [-0.05, 0) is 56.8 Å². The van der Waals surface area contributed by atoms with Crippen LogP contribution < -0.4 is 21.1 Å². The number of likely N-dealkylation sites (tertiary alicyclic amines) is 1. The van der Waals surface area contributed by atoms with Gasteiger partial charge >= 0.3 is 0 Å². The molecule has 1 saturated carbocycles. The molecule has 1 unspecified atom stereocenters. The van der Waals surface area contributed by atoms with Crippen LogP contribution in [0.25, 0.3) is 0 Å². The van der Waals surface area contributed by atoms with E-state index in [1.165, 1.54) is 51.5 Å². The van der Waals surface area contributed by atoms with Crippen molar-refractivity contribution in [3.8, 4) is 5.75 Å². The molecule has 1 amide bonds. The van der Waals surface area contributed by atoms with E-state index in [0.29, 0.717) is 18.3 Å². The van der Waals surface area contributed by atoms with E-state index in [1.807, 2.05) is 24.3 Å². The van der Waals surface area contributed by atoms with Crippen LogP contribution in [0.4, 0.5) is 0 Å². The molecule has 1 aliphatic heterocycles. The van der Waals surface area contributed by atoms with Crippen LogP contribution in [0, 0.1) is 0 Å². The van der Waals surface area contributed by atoms with E-state index in [4.69, 9.17) is 15.5 Å². The number of primary amides is 1. The van der Waals surface area contributed by atoms with Crippen LogP contribution in [0.5, 0.6) is 5.75 Å². The number of hydrogen-bond acceptors (Lipinski definition) is 4. The molecular weight excluding hydrogens is 378 g/mol. The molecule has 7 nitrogen and oxygen atoms in total. The Hall–Kier alpha value is -2.28. The maximum absolute atomic E-state index is 10.9. The number of aliphatic imine (C=N–C) groups is 1. The second kappa shape index (κ2) is 11.8. The Morgan fingerprint density at radius 2 is 2.07 bits per heavy atom. The number of guanidine groups is 1. The largest absolute Gasteiger partial charge is 0.484 e. The van der Waals surface area contributed by atoms with Crippen LogP contribution in [-0.4, -0.2) is 55.1 Å². The molecule has 166 valence electrons. The smallest absolute Gasteiger partial charge is 0.255 e. The predicted molar refractivity (Wildman–Crippen MR) is 121 cm³/mol. The summed E-state index contributed by atoms with van der Waals surface area (Å²) in [6.07, 6.45) is 9.30. The lowest BCUT2D eigenvalue weighted by molar-refractivity contribution is -0.119. The summed E-state index contributed by atoms with van der Waals surface area (Å²) in [5.41, 5.74) is 6.18. The Bertz CT molecular complexity index is 703. The first-order valence-electron chi connectivity index (χ1n) is 11.4. The van der Waals surface area contributed by atoms with E-state index in [2.05, 4.69) is 22.5 Å². The van der Waals surface area contributed by atoms with Gasteiger partial charge in [-0.2, -0.15) is 0 Å². The Labute approximate surface area is 180 Å². The fourth-order valence-electron chi connectivity index (χ4n) is 4.47. The fraction of sp³-hybridized carbons (Fsp3) is 0.652. The highest BCUT2D eigenvalue weighted by atomic mass is 16.5. The van der Waals surface area contributed by atoms with E-state index in [0.717, 1.165) is 30.7 Å². The van der Waals surface area contributed by atoms with Gasteiger partial charge in [0.2, 0.25) is 0 Å². The van der Waals surface area contributed by atoms with Gasteiger partial charge in [0.15, 0.2) is 12.6 Å². The van der Waals surface area contributed by atoms with Crippen LogP contribution in [0.3, 0.4) is 0 Å². The summed E-state index contributed by atoms with van der Waals surface area (Å²) in [4.78, 5) is 18.4. The van der Waals surface area contributed by atoms with E-state index in [9.17, 15) is 4.79 Å². The van der Waals surface area contributed by atoms with Gasteiger partial charge in [-0.15, -0.1) is 0 Å². The molecule has 0 bridgehead atoms.